The van der Waals surface area contributed by atoms with Crippen molar-refractivity contribution in [2.24, 2.45) is 0 Å². The summed E-state index contributed by atoms with van der Waals surface area (Å²) in [7, 11) is 0. The first-order chi connectivity index (χ1) is 15.3. The van der Waals surface area contributed by atoms with Gasteiger partial charge in [-0.05, 0) is 42.3 Å². The number of pyridine rings is 1. The highest BCUT2D eigenvalue weighted by Gasteiger charge is 2.22. The molecule has 0 amide bonds. The Hall–Kier alpha value is -3.36. The molecule has 0 saturated heterocycles. The fourth-order valence-electron chi connectivity index (χ4n) is 3.42. The first kappa shape index (κ1) is 23.3. The molecule has 3 aromatic rings. The van der Waals surface area contributed by atoms with Crippen LogP contribution in [-0.4, -0.2) is 48.3 Å². The van der Waals surface area contributed by atoms with Crippen LogP contribution >= 0.6 is 0 Å². The van der Waals surface area contributed by atoms with E-state index >= 15 is 0 Å². The van der Waals surface area contributed by atoms with Gasteiger partial charge in [-0.15, -0.1) is 0 Å². The molecule has 0 spiro atoms. The van der Waals surface area contributed by atoms with Gasteiger partial charge in [-0.25, -0.2) is 14.1 Å². The summed E-state index contributed by atoms with van der Waals surface area (Å²) in [6.45, 7) is 3.98. The van der Waals surface area contributed by atoms with E-state index in [0.29, 0.717) is 11.5 Å². The summed E-state index contributed by atoms with van der Waals surface area (Å²) in [5, 5.41) is 33.7. The molecule has 8 heteroatoms. The van der Waals surface area contributed by atoms with E-state index < -0.39 is 24.6 Å². The van der Waals surface area contributed by atoms with E-state index in [9.17, 15) is 19.4 Å². The third kappa shape index (κ3) is 5.66. The van der Waals surface area contributed by atoms with Gasteiger partial charge in [0.25, 0.3) is 0 Å². The normalized spacial score (nSPS) is 13.6. The smallest absolute Gasteiger partial charge is 0.305 e. The predicted molar refractivity (Wildman–Crippen MR) is 119 cm³/mol. The SMILES string of the molecule is CC(C)c1nn(-c2ccccn2)c(-c2ccc(F)cc2)c1C=CC(O)CC(O)CC(=O)O. The van der Waals surface area contributed by atoms with Gasteiger partial charge < -0.3 is 15.3 Å². The molecule has 2 unspecified atom stereocenters. The Morgan fingerprint density at radius 3 is 2.47 bits per heavy atom. The fourth-order valence-corrected chi connectivity index (χ4v) is 3.42. The summed E-state index contributed by atoms with van der Waals surface area (Å²) < 4.78 is 15.3. The van der Waals surface area contributed by atoms with Gasteiger partial charge in [0.1, 0.15) is 5.82 Å². The number of rotatable bonds is 9. The Kier molecular flexibility index (Phi) is 7.50. The summed E-state index contributed by atoms with van der Waals surface area (Å²) in [6.07, 6.45) is 2.10. The molecule has 0 aliphatic heterocycles. The monoisotopic (exact) mass is 439 g/mol. The summed E-state index contributed by atoms with van der Waals surface area (Å²) in [6, 6.07) is 11.5. The zero-order chi connectivity index (χ0) is 23.3. The van der Waals surface area contributed by atoms with E-state index in [-0.39, 0.29) is 18.2 Å². The van der Waals surface area contributed by atoms with Crippen LogP contribution in [0.2, 0.25) is 0 Å². The minimum Gasteiger partial charge on any atom is -0.481 e. The average molecular weight is 439 g/mol. The molecule has 2 atom stereocenters. The lowest BCUT2D eigenvalue weighted by atomic mass is 9.98. The third-order valence-electron chi connectivity index (χ3n) is 4.89. The molecule has 0 aliphatic carbocycles. The number of aromatic nitrogens is 3. The molecule has 32 heavy (non-hydrogen) atoms. The number of aliphatic hydroxyl groups is 2. The largest absolute Gasteiger partial charge is 0.481 e. The summed E-state index contributed by atoms with van der Waals surface area (Å²) in [4.78, 5) is 15.1. The van der Waals surface area contributed by atoms with E-state index in [4.69, 9.17) is 10.2 Å². The Morgan fingerprint density at radius 2 is 1.88 bits per heavy atom. The zero-order valence-electron chi connectivity index (χ0n) is 17.9. The number of hydrogen-bond donors (Lipinski definition) is 3. The first-order valence-corrected chi connectivity index (χ1v) is 10.3. The highest BCUT2D eigenvalue weighted by Crippen LogP contribution is 2.33. The Labute approximate surface area is 185 Å². The van der Waals surface area contributed by atoms with E-state index in [1.54, 1.807) is 35.2 Å². The number of hydrogen-bond acceptors (Lipinski definition) is 5. The maximum Gasteiger partial charge on any atom is 0.305 e. The lowest BCUT2D eigenvalue weighted by Gasteiger charge is -2.11. The number of carboxylic acid groups (broad SMARTS) is 1. The molecular weight excluding hydrogens is 413 g/mol. The number of aliphatic hydroxyl groups excluding tert-OH is 2. The molecule has 3 N–H and O–H groups in total. The van der Waals surface area contributed by atoms with E-state index in [1.807, 2.05) is 26.0 Å². The minimum atomic E-state index is -1.16. The summed E-state index contributed by atoms with van der Waals surface area (Å²) in [5.74, 6) is -0.868. The number of halogens is 1. The molecule has 3 rings (SSSR count). The van der Waals surface area contributed by atoms with Gasteiger partial charge in [0.15, 0.2) is 5.82 Å². The van der Waals surface area contributed by atoms with Crippen LogP contribution in [0.4, 0.5) is 4.39 Å². The number of benzene rings is 1. The summed E-state index contributed by atoms with van der Waals surface area (Å²) in [5.41, 5.74) is 2.88. The Balaban J connectivity index is 2.08. The molecule has 0 aliphatic rings. The standard InChI is InChI=1S/C24H26FN3O4/c1-15(2)23-20(11-10-18(29)13-19(30)14-22(31)32)24(16-6-8-17(25)9-7-16)28(27-23)21-5-3-4-12-26-21/h3-12,15,18-19,29-30H,13-14H2,1-2H3,(H,31,32). The van der Waals surface area contributed by atoms with Crippen LogP contribution < -0.4 is 0 Å². The molecule has 0 radical (unpaired) electrons. The van der Waals surface area contributed by atoms with E-state index in [0.717, 1.165) is 16.8 Å². The molecule has 2 heterocycles. The number of carbonyl (C=O) groups is 1. The van der Waals surface area contributed by atoms with Crippen LogP contribution in [-0.2, 0) is 4.79 Å². The molecule has 7 nitrogen and oxygen atoms in total. The van der Waals surface area contributed by atoms with Crippen molar-refractivity contribution in [1.82, 2.24) is 14.8 Å². The predicted octanol–water partition coefficient (Wildman–Crippen LogP) is 3.80. The third-order valence-corrected chi connectivity index (χ3v) is 4.89. The molecule has 0 fully saturated rings. The lowest BCUT2D eigenvalue weighted by molar-refractivity contribution is -0.139. The highest BCUT2D eigenvalue weighted by molar-refractivity contribution is 5.76. The van der Waals surface area contributed by atoms with Crippen molar-refractivity contribution in [1.29, 1.82) is 0 Å². The van der Waals surface area contributed by atoms with Gasteiger partial charge in [-0.2, -0.15) is 5.10 Å². The van der Waals surface area contributed by atoms with Crippen LogP contribution in [0.5, 0.6) is 0 Å². The van der Waals surface area contributed by atoms with Crippen molar-refractivity contribution >= 4 is 12.0 Å². The van der Waals surface area contributed by atoms with E-state index in [2.05, 4.69) is 4.98 Å². The van der Waals surface area contributed by atoms with Crippen LogP contribution in [0, 0.1) is 5.82 Å². The quantitative estimate of drug-likeness (QED) is 0.468. The molecular formula is C24H26FN3O4. The second kappa shape index (κ2) is 10.3. The van der Waals surface area contributed by atoms with Crippen LogP contribution in [0.15, 0.2) is 54.7 Å². The second-order valence-electron chi connectivity index (χ2n) is 7.82. The Bertz CT molecular complexity index is 1080. The zero-order valence-corrected chi connectivity index (χ0v) is 17.9. The van der Waals surface area contributed by atoms with Crippen molar-refractivity contribution in [2.75, 3.05) is 0 Å². The molecule has 1 aromatic carbocycles. The number of nitrogens with zero attached hydrogens (tertiary/aromatic N) is 3. The van der Waals surface area contributed by atoms with Crippen LogP contribution in [0.3, 0.4) is 0 Å². The first-order valence-electron chi connectivity index (χ1n) is 10.3. The average Bonchev–Trinajstić information content (AvgIpc) is 3.12. The van der Waals surface area contributed by atoms with Gasteiger partial charge in [-0.1, -0.05) is 32.1 Å². The van der Waals surface area contributed by atoms with Crippen molar-refractivity contribution in [3.05, 3.63) is 71.8 Å². The van der Waals surface area contributed by atoms with Crippen LogP contribution in [0.25, 0.3) is 23.2 Å². The maximum absolute atomic E-state index is 13.6. The van der Waals surface area contributed by atoms with E-state index in [1.165, 1.54) is 18.2 Å². The number of carboxylic acids is 1. The van der Waals surface area contributed by atoms with Crippen LogP contribution in [0.1, 0.15) is 43.9 Å². The molecule has 2 aromatic heterocycles. The molecule has 0 bridgehead atoms. The van der Waals surface area contributed by atoms with Crippen molar-refractivity contribution in [2.45, 2.75) is 44.8 Å². The van der Waals surface area contributed by atoms with Gasteiger partial charge in [0, 0.05) is 23.7 Å². The topological polar surface area (TPSA) is 108 Å². The highest BCUT2D eigenvalue weighted by atomic mass is 19.1. The van der Waals surface area contributed by atoms with Crippen molar-refractivity contribution in [3.63, 3.8) is 0 Å². The maximum atomic E-state index is 13.6. The fraction of sp³-hybridized carbons (Fsp3) is 0.292. The lowest BCUT2D eigenvalue weighted by Crippen LogP contribution is -2.19. The molecule has 0 saturated carbocycles. The van der Waals surface area contributed by atoms with Gasteiger partial charge in [-0.3, -0.25) is 4.79 Å². The second-order valence-corrected chi connectivity index (χ2v) is 7.82. The Morgan fingerprint density at radius 1 is 1.16 bits per heavy atom. The van der Waals surface area contributed by atoms with Crippen molar-refractivity contribution in [3.8, 4) is 17.1 Å². The minimum absolute atomic E-state index is 0.0357. The summed E-state index contributed by atoms with van der Waals surface area (Å²) >= 11 is 0. The number of aliphatic carboxylic acids is 1. The van der Waals surface area contributed by atoms with Gasteiger partial charge >= 0.3 is 5.97 Å². The van der Waals surface area contributed by atoms with Gasteiger partial charge in [0.2, 0.25) is 0 Å². The molecule has 168 valence electrons. The van der Waals surface area contributed by atoms with Crippen molar-refractivity contribution < 1.29 is 24.5 Å². The van der Waals surface area contributed by atoms with Gasteiger partial charge in [0.05, 0.1) is 30.0 Å².